The van der Waals surface area contributed by atoms with Gasteiger partial charge in [-0.1, -0.05) is 56.1 Å². The predicted octanol–water partition coefficient (Wildman–Crippen LogP) is 5.59. The molecule has 2 amide bonds. The zero-order chi connectivity index (χ0) is 33.1. The number of unbranched alkanes of at least 4 members (excludes halogenated alkanes) is 1. The molecule has 45 heavy (non-hydrogen) atoms. The lowest BCUT2D eigenvalue weighted by Crippen LogP contribution is -2.52. The minimum absolute atomic E-state index is 0.0597. The third-order valence-corrected chi connectivity index (χ3v) is 9.44. The zero-order valence-corrected chi connectivity index (χ0v) is 28.2. The Morgan fingerprint density at radius 3 is 2.20 bits per heavy atom. The summed E-state index contributed by atoms with van der Waals surface area (Å²) in [7, 11) is -0.191. The van der Waals surface area contributed by atoms with Crippen molar-refractivity contribution in [2.75, 3.05) is 38.7 Å². The SMILES string of the molecule is CCCCNC(=O)[C@@H](CC)N(Cc1ccccc1C)C(=O)CN(c1cc(Cl)ccc1OC)S(=O)(=O)c1ccc(OC)c(OC)c1. The molecule has 0 aromatic heterocycles. The number of rotatable bonds is 16. The maximum atomic E-state index is 14.4. The number of amides is 2. The summed E-state index contributed by atoms with van der Waals surface area (Å²) in [5, 5.41) is 3.17. The molecule has 12 heteroatoms. The molecular weight excluding hydrogens is 618 g/mol. The van der Waals surface area contributed by atoms with Crippen LogP contribution in [0.25, 0.3) is 0 Å². The molecule has 10 nitrogen and oxygen atoms in total. The molecule has 3 rings (SSSR count). The van der Waals surface area contributed by atoms with Gasteiger partial charge in [-0.15, -0.1) is 0 Å². The number of benzene rings is 3. The smallest absolute Gasteiger partial charge is 0.265 e. The Bertz CT molecular complexity index is 1580. The molecular formula is C33H42ClN3O7S. The van der Waals surface area contributed by atoms with Gasteiger partial charge in [-0.25, -0.2) is 8.42 Å². The molecule has 244 valence electrons. The number of carbonyl (C=O) groups is 2. The van der Waals surface area contributed by atoms with E-state index in [1.165, 1.54) is 56.6 Å². The molecule has 0 bridgehead atoms. The van der Waals surface area contributed by atoms with E-state index in [1.54, 1.807) is 6.07 Å². The van der Waals surface area contributed by atoms with Crippen LogP contribution in [0.1, 0.15) is 44.2 Å². The summed E-state index contributed by atoms with van der Waals surface area (Å²) in [5.74, 6) is -0.169. The van der Waals surface area contributed by atoms with E-state index in [1.807, 2.05) is 45.0 Å². The van der Waals surface area contributed by atoms with Crippen molar-refractivity contribution in [3.05, 3.63) is 76.8 Å². The zero-order valence-electron chi connectivity index (χ0n) is 26.6. The highest BCUT2D eigenvalue weighted by atomic mass is 35.5. The van der Waals surface area contributed by atoms with E-state index in [4.69, 9.17) is 25.8 Å². The molecule has 3 aromatic carbocycles. The monoisotopic (exact) mass is 659 g/mol. The summed E-state index contributed by atoms with van der Waals surface area (Å²) in [6, 6.07) is 15.4. The van der Waals surface area contributed by atoms with Crippen LogP contribution in [-0.4, -0.2) is 65.6 Å². The van der Waals surface area contributed by atoms with Gasteiger partial charge < -0.3 is 24.4 Å². The molecule has 1 N–H and O–H groups in total. The van der Waals surface area contributed by atoms with Gasteiger partial charge >= 0.3 is 0 Å². The lowest BCUT2D eigenvalue weighted by molar-refractivity contribution is -0.140. The maximum Gasteiger partial charge on any atom is 0.265 e. The molecule has 0 saturated heterocycles. The Hall–Kier alpha value is -3.96. The number of hydrogen-bond acceptors (Lipinski definition) is 7. The largest absolute Gasteiger partial charge is 0.495 e. The predicted molar refractivity (Wildman–Crippen MR) is 176 cm³/mol. The fraction of sp³-hybridized carbons (Fsp3) is 0.394. The number of hydrogen-bond donors (Lipinski definition) is 1. The minimum atomic E-state index is -4.43. The van der Waals surface area contributed by atoms with Crippen LogP contribution in [0.4, 0.5) is 5.69 Å². The van der Waals surface area contributed by atoms with E-state index in [-0.39, 0.29) is 39.6 Å². The molecule has 0 heterocycles. The Labute approximate surface area is 271 Å². The van der Waals surface area contributed by atoms with Crippen molar-refractivity contribution in [2.45, 2.75) is 57.5 Å². The summed E-state index contributed by atoms with van der Waals surface area (Å²) < 4.78 is 45.9. The van der Waals surface area contributed by atoms with E-state index in [0.717, 1.165) is 28.3 Å². The van der Waals surface area contributed by atoms with Crippen molar-refractivity contribution >= 4 is 39.1 Å². The number of halogens is 1. The average Bonchev–Trinajstić information content (AvgIpc) is 3.03. The van der Waals surface area contributed by atoms with Crippen LogP contribution in [0.3, 0.4) is 0 Å². The van der Waals surface area contributed by atoms with Gasteiger partial charge in [0.25, 0.3) is 10.0 Å². The van der Waals surface area contributed by atoms with Gasteiger partial charge in [0.15, 0.2) is 11.5 Å². The van der Waals surface area contributed by atoms with Crippen molar-refractivity contribution in [1.29, 1.82) is 0 Å². The Morgan fingerprint density at radius 1 is 0.911 bits per heavy atom. The molecule has 0 aliphatic rings. The summed E-state index contributed by atoms with van der Waals surface area (Å²) in [5.41, 5.74) is 1.83. The quantitative estimate of drug-likeness (QED) is 0.199. The van der Waals surface area contributed by atoms with Crippen LogP contribution < -0.4 is 23.8 Å². The number of carbonyl (C=O) groups excluding carboxylic acids is 2. The first-order valence-electron chi connectivity index (χ1n) is 14.7. The minimum Gasteiger partial charge on any atom is -0.495 e. The van der Waals surface area contributed by atoms with Gasteiger partial charge in [0.05, 0.1) is 31.9 Å². The van der Waals surface area contributed by atoms with E-state index < -0.39 is 28.5 Å². The van der Waals surface area contributed by atoms with Crippen molar-refractivity contribution in [3.8, 4) is 17.2 Å². The number of ether oxygens (including phenoxy) is 3. The first-order chi connectivity index (χ1) is 21.5. The fourth-order valence-electron chi connectivity index (χ4n) is 4.87. The maximum absolute atomic E-state index is 14.4. The van der Waals surface area contributed by atoms with Crippen molar-refractivity contribution in [2.24, 2.45) is 0 Å². The van der Waals surface area contributed by atoms with Crippen LogP contribution in [0.2, 0.25) is 5.02 Å². The molecule has 3 aromatic rings. The highest BCUT2D eigenvalue weighted by molar-refractivity contribution is 7.92. The molecule has 0 radical (unpaired) electrons. The van der Waals surface area contributed by atoms with Crippen LogP contribution in [0.15, 0.2) is 65.6 Å². The lowest BCUT2D eigenvalue weighted by Gasteiger charge is -2.34. The second kappa shape index (κ2) is 16.4. The number of methoxy groups -OCH3 is 3. The van der Waals surface area contributed by atoms with E-state index in [2.05, 4.69) is 5.32 Å². The Morgan fingerprint density at radius 2 is 1.58 bits per heavy atom. The van der Waals surface area contributed by atoms with E-state index in [0.29, 0.717) is 18.7 Å². The van der Waals surface area contributed by atoms with Gasteiger partial charge in [0.1, 0.15) is 18.3 Å². The average molecular weight is 660 g/mol. The first-order valence-corrected chi connectivity index (χ1v) is 16.5. The van der Waals surface area contributed by atoms with Gasteiger partial charge in [0.2, 0.25) is 11.8 Å². The van der Waals surface area contributed by atoms with Crippen LogP contribution in [0, 0.1) is 6.92 Å². The van der Waals surface area contributed by atoms with E-state index in [9.17, 15) is 18.0 Å². The van der Waals surface area contributed by atoms with Gasteiger partial charge in [-0.3, -0.25) is 13.9 Å². The highest BCUT2D eigenvalue weighted by Crippen LogP contribution is 2.37. The van der Waals surface area contributed by atoms with Crippen LogP contribution >= 0.6 is 11.6 Å². The standard InChI is InChI=1S/C33H42ClN3O7S/c1-7-9-18-35-33(39)27(8-2)36(21-24-13-11-10-12-23(24)3)32(38)22-37(28-19-25(34)14-16-29(28)42-4)45(40,41)26-15-17-30(43-5)31(20-26)44-6/h10-17,19-20,27H,7-9,18,21-22H2,1-6H3,(H,35,39)/t27-/m1/s1. The van der Waals surface area contributed by atoms with Crippen molar-refractivity contribution in [3.63, 3.8) is 0 Å². The summed E-state index contributed by atoms with van der Waals surface area (Å²) in [4.78, 5) is 29.1. The summed E-state index contributed by atoms with van der Waals surface area (Å²) >= 11 is 6.34. The van der Waals surface area contributed by atoms with Crippen LogP contribution in [-0.2, 0) is 26.2 Å². The van der Waals surface area contributed by atoms with Crippen molar-refractivity contribution in [1.82, 2.24) is 10.2 Å². The van der Waals surface area contributed by atoms with Gasteiger partial charge in [-0.05, 0) is 61.2 Å². The number of nitrogens with one attached hydrogen (secondary N) is 1. The molecule has 0 aliphatic heterocycles. The van der Waals surface area contributed by atoms with E-state index >= 15 is 0 Å². The fourth-order valence-corrected chi connectivity index (χ4v) is 6.47. The highest BCUT2D eigenvalue weighted by Gasteiger charge is 2.35. The second-order valence-corrected chi connectivity index (χ2v) is 12.7. The number of nitrogens with zero attached hydrogens (tertiary/aromatic N) is 2. The molecule has 0 fully saturated rings. The van der Waals surface area contributed by atoms with Gasteiger partial charge in [0, 0.05) is 24.2 Å². The van der Waals surface area contributed by atoms with Gasteiger partial charge in [-0.2, -0.15) is 0 Å². The number of sulfonamides is 1. The summed E-state index contributed by atoms with van der Waals surface area (Å²) in [6.07, 6.45) is 2.01. The molecule has 0 aliphatic carbocycles. The normalized spacial score (nSPS) is 11.8. The number of aryl methyl sites for hydroxylation is 1. The number of anilines is 1. The summed E-state index contributed by atoms with van der Waals surface area (Å²) in [6.45, 7) is 5.69. The molecule has 0 unspecified atom stereocenters. The second-order valence-electron chi connectivity index (χ2n) is 10.4. The topological polar surface area (TPSA) is 114 Å². The molecule has 0 saturated carbocycles. The Kier molecular flexibility index (Phi) is 12.9. The lowest BCUT2D eigenvalue weighted by atomic mass is 10.1. The third kappa shape index (κ3) is 8.61. The Balaban J connectivity index is 2.16. The van der Waals surface area contributed by atoms with Crippen LogP contribution in [0.5, 0.6) is 17.2 Å². The first kappa shape index (κ1) is 35.5. The molecule has 0 spiro atoms. The third-order valence-electron chi connectivity index (χ3n) is 7.45. The van der Waals surface area contributed by atoms with Crippen molar-refractivity contribution < 1.29 is 32.2 Å². The molecule has 1 atom stereocenters.